The zero-order valence-corrected chi connectivity index (χ0v) is 10.3. The first-order valence-corrected chi connectivity index (χ1v) is 5.59. The van der Waals surface area contributed by atoms with E-state index in [0.29, 0.717) is 12.1 Å². The van der Waals surface area contributed by atoms with E-state index in [-0.39, 0.29) is 11.7 Å². The highest BCUT2D eigenvalue weighted by molar-refractivity contribution is 5.94. The zero-order valence-electron chi connectivity index (χ0n) is 10.3. The minimum Gasteiger partial charge on any atom is -0.348 e. The summed E-state index contributed by atoms with van der Waals surface area (Å²) in [6, 6.07) is 5.45. The summed E-state index contributed by atoms with van der Waals surface area (Å²) >= 11 is 0. The molecule has 0 spiro atoms. The third-order valence-corrected chi connectivity index (χ3v) is 2.88. The molecule has 94 valence electrons. The number of hydrogen-bond donors (Lipinski definition) is 1. The Balaban J connectivity index is 2.00. The summed E-state index contributed by atoms with van der Waals surface area (Å²) in [7, 11) is 1.85. The fourth-order valence-electron chi connectivity index (χ4n) is 1.60. The minimum atomic E-state index is -0.352. The summed E-state index contributed by atoms with van der Waals surface area (Å²) < 4.78 is 14.5. The molecule has 0 bridgehead atoms. The van der Waals surface area contributed by atoms with E-state index in [1.54, 1.807) is 10.9 Å². The molecule has 2 aromatic rings. The van der Waals surface area contributed by atoms with Gasteiger partial charge in [0.15, 0.2) is 0 Å². The molecule has 1 N–H and O–H groups in total. The third kappa shape index (κ3) is 2.56. The fourth-order valence-corrected chi connectivity index (χ4v) is 1.60. The number of aromatic nitrogens is 2. The van der Waals surface area contributed by atoms with Crippen molar-refractivity contribution in [2.75, 3.05) is 0 Å². The van der Waals surface area contributed by atoms with E-state index < -0.39 is 0 Å². The van der Waals surface area contributed by atoms with Crippen LogP contribution in [-0.4, -0.2) is 15.7 Å². The Hall–Kier alpha value is -2.17. The SMILES string of the molecule is Cc1c(CNC(=O)c2ccc(F)cc2)cnn1C. The lowest BCUT2D eigenvalue weighted by Gasteiger charge is -2.05. The Morgan fingerprint density at radius 3 is 2.61 bits per heavy atom. The van der Waals surface area contributed by atoms with Gasteiger partial charge in [-0.1, -0.05) is 0 Å². The van der Waals surface area contributed by atoms with Gasteiger partial charge in [0, 0.05) is 30.4 Å². The maximum absolute atomic E-state index is 12.7. The van der Waals surface area contributed by atoms with Crippen LogP contribution in [0.1, 0.15) is 21.6 Å². The highest BCUT2D eigenvalue weighted by atomic mass is 19.1. The lowest BCUT2D eigenvalue weighted by molar-refractivity contribution is 0.0951. The van der Waals surface area contributed by atoms with E-state index in [1.165, 1.54) is 24.3 Å². The molecule has 1 amide bonds. The molecule has 0 aliphatic heterocycles. The average molecular weight is 247 g/mol. The van der Waals surface area contributed by atoms with Crippen LogP contribution in [0.15, 0.2) is 30.5 Å². The molecule has 2 rings (SSSR count). The van der Waals surface area contributed by atoms with Crippen LogP contribution in [0.25, 0.3) is 0 Å². The molecule has 0 atom stereocenters. The number of rotatable bonds is 3. The fraction of sp³-hybridized carbons (Fsp3) is 0.231. The number of nitrogens with one attached hydrogen (secondary N) is 1. The Morgan fingerprint density at radius 1 is 1.39 bits per heavy atom. The molecule has 0 radical (unpaired) electrons. The number of nitrogens with zero attached hydrogens (tertiary/aromatic N) is 2. The van der Waals surface area contributed by atoms with Gasteiger partial charge in [-0.3, -0.25) is 9.48 Å². The van der Waals surface area contributed by atoms with Crippen LogP contribution in [0, 0.1) is 12.7 Å². The van der Waals surface area contributed by atoms with E-state index in [2.05, 4.69) is 10.4 Å². The highest BCUT2D eigenvalue weighted by Crippen LogP contribution is 2.06. The van der Waals surface area contributed by atoms with Gasteiger partial charge in [-0.2, -0.15) is 5.10 Å². The molecule has 0 fully saturated rings. The van der Waals surface area contributed by atoms with Crippen LogP contribution in [0.4, 0.5) is 4.39 Å². The molecule has 0 aliphatic rings. The predicted octanol–water partition coefficient (Wildman–Crippen LogP) is 1.80. The van der Waals surface area contributed by atoms with Gasteiger partial charge in [0.25, 0.3) is 5.91 Å². The van der Waals surface area contributed by atoms with Crippen LogP contribution in [0.3, 0.4) is 0 Å². The monoisotopic (exact) mass is 247 g/mol. The van der Waals surface area contributed by atoms with Gasteiger partial charge in [-0.05, 0) is 31.2 Å². The van der Waals surface area contributed by atoms with Crippen molar-refractivity contribution in [3.63, 3.8) is 0 Å². The van der Waals surface area contributed by atoms with Gasteiger partial charge in [-0.15, -0.1) is 0 Å². The lowest BCUT2D eigenvalue weighted by Crippen LogP contribution is -2.23. The second-order valence-electron chi connectivity index (χ2n) is 4.07. The molecular weight excluding hydrogens is 233 g/mol. The van der Waals surface area contributed by atoms with Crippen LogP contribution in [0.5, 0.6) is 0 Å². The lowest BCUT2D eigenvalue weighted by atomic mass is 10.2. The molecule has 0 saturated carbocycles. The summed E-state index contributed by atoms with van der Waals surface area (Å²) in [6.07, 6.45) is 1.72. The van der Waals surface area contributed by atoms with Gasteiger partial charge in [0.1, 0.15) is 5.82 Å². The van der Waals surface area contributed by atoms with Gasteiger partial charge < -0.3 is 5.32 Å². The predicted molar refractivity (Wildman–Crippen MR) is 65.5 cm³/mol. The first-order chi connectivity index (χ1) is 8.58. The topological polar surface area (TPSA) is 46.9 Å². The summed E-state index contributed by atoms with van der Waals surface area (Å²) in [5, 5.41) is 6.87. The smallest absolute Gasteiger partial charge is 0.251 e. The van der Waals surface area contributed by atoms with Crippen molar-refractivity contribution >= 4 is 5.91 Å². The van der Waals surface area contributed by atoms with Crippen molar-refractivity contribution in [1.29, 1.82) is 0 Å². The standard InChI is InChI=1S/C13H14FN3O/c1-9-11(8-16-17(9)2)7-15-13(18)10-3-5-12(14)6-4-10/h3-6,8H,7H2,1-2H3,(H,15,18). The summed E-state index contributed by atoms with van der Waals surface area (Å²) in [5.74, 6) is -0.576. The molecule has 0 unspecified atom stereocenters. The van der Waals surface area contributed by atoms with Gasteiger partial charge >= 0.3 is 0 Å². The Morgan fingerprint density at radius 2 is 2.06 bits per heavy atom. The Kier molecular flexibility index (Phi) is 3.41. The Labute approximate surface area is 104 Å². The maximum Gasteiger partial charge on any atom is 0.251 e. The van der Waals surface area contributed by atoms with Crippen LogP contribution < -0.4 is 5.32 Å². The van der Waals surface area contributed by atoms with Gasteiger partial charge in [-0.25, -0.2) is 4.39 Å². The summed E-state index contributed by atoms with van der Waals surface area (Å²) in [5.41, 5.74) is 2.42. The first kappa shape index (κ1) is 12.3. The van der Waals surface area contributed by atoms with Crippen LogP contribution >= 0.6 is 0 Å². The second-order valence-corrected chi connectivity index (χ2v) is 4.07. The molecule has 18 heavy (non-hydrogen) atoms. The molecule has 5 heteroatoms. The molecular formula is C13H14FN3O. The number of hydrogen-bond acceptors (Lipinski definition) is 2. The molecule has 1 aromatic carbocycles. The van der Waals surface area contributed by atoms with Crippen molar-refractivity contribution in [3.8, 4) is 0 Å². The first-order valence-electron chi connectivity index (χ1n) is 5.59. The van der Waals surface area contributed by atoms with E-state index in [0.717, 1.165) is 11.3 Å². The minimum absolute atomic E-state index is 0.224. The number of amides is 1. The van der Waals surface area contributed by atoms with Crippen molar-refractivity contribution in [1.82, 2.24) is 15.1 Å². The summed E-state index contributed by atoms with van der Waals surface area (Å²) in [6.45, 7) is 2.35. The number of carbonyl (C=O) groups excluding carboxylic acids is 1. The number of aryl methyl sites for hydroxylation is 1. The molecule has 0 aliphatic carbocycles. The molecule has 1 aromatic heterocycles. The van der Waals surface area contributed by atoms with Crippen molar-refractivity contribution in [3.05, 3.63) is 53.1 Å². The quantitative estimate of drug-likeness (QED) is 0.899. The average Bonchev–Trinajstić information content (AvgIpc) is 2.68. The van der Waals surface area contributed by atoms with Crippen LogP contribution in [0.2, 0.25) is 0 Å². The van der Waals surface area contributed by atoms with E-state index >= 15 is 0 Å². The number of carbonyl (C=O) groups is 1. The summed E-state index contributed by atoms with van der Waals surface area (Å²) in [4.78, 5) is 11.8. The van der Waals surface area contributed by atoms with E-state index in [9.17, 15) is 9.18 Å². The van der Waals surface area contributed by atoms with Gasteiger partial charge in [0.05, 0.1) is 6.20 Å². The van der Waals surface area contributed by atoms with Gasteiger partial charge in [0.2, 0.25) is 0 Å². The van der Waals surface area contributed by atoms with Crippen LogP contribution in [-0.2, 0) is 13.6 Å². The van der Waals surface area contributed by atoms with E-state index in [4.69, 9.17) is 0 Å². The third-order valence-electron chi connectivity index (χ3n) is 2.88. The molecule has 1 heterocycles. The zero-order chi connectivity index (χ0) is 13.1. The van der Waals surface area contributed by atoms with Crippen molar-refractivity contribution < 1.29 is 9.18 Å². The second kappa shape index (κ2) is 5.00. The largest absolute Gasteiger partial charge is 0.348 e. The normalized spacial score (nSPS) is 10.4. The maximum atomic E-state index is 12.7. The highest BCUT2D eigenvalue weighted by Gasteiger charge is 2.08. The number of halogens is 1. The van der Waals surface area contributed by atoms with Crippen molar-refractivity contribution in [2.24, 2.45) is 7.05 Å². The van der Waals surface area contributed by atoms with E-state index in [1.807, 2.05) is 14.0 Å². The van der Waals surface area contributed by atoms with Crippen molar-refractivity contribution in [2.45, 2.75) is 13.5 Å². The number of benzene rings is 1. The molecule has 4 nitrogen and oxygen atoms in total. The molecule has 0 saturated heterocycles. The Bertz CT molecular complexity index is 560.